The average Bonchev–Trinajstić information content (AvgIpc) is 2.73. The van der Waals surface area contributed by atoms with Gasteiger partial charge in [-0.15, -0.1) is 0 Å². The number of amides is 2. The summed E-state index contributed by atoms with van der Waals surface area (Å²) < 4.78 is 11.1. The van der Waals surface area contributed by atoms with E-state index in [1.165, 1.54) is 0 Å². The third-order valence-corrected chi connectivity index (χ3v) is 5.96. The Bertz CT molecular complexity index is 728. The highest BCUT2D eigenvalue weighted by Crippen LogP contribution is 2.31. The number of piperidine rings is 1. The summed E-state index contributed by atoms with van der Waals surface area (Å²) >= 11 is 0. The van der Waals surface area contributed by atoms with Crippen LogP contribution < -0.4 is 0 Å². The van der Waals surface area contributed by atoms with Crippen LogP contribution in [0.4, 0.5) is 4.79 Å². The molecule has 1 saturated carbocycles. The second-order valence-electron chi connectivity index (χ2n) is 7.76. The van der Waals surface area contributed by atoms with Gasteiger partial charge < -0.3 is 19.3 Å². The lowest BCUT2D eigenvalue weighted by atomic mass is 9.87. The number of Topliss-reactive ketones (excluding diaryl/α,β-unsaturated/α-hetero) is 1. The monoisotopic (exact) mass is 386 g/mol. The van der Waals surface area contributed by atoms with E-state index < -0.39 is 0 Å². The van der Waals surface area contributed by atoms with E-state index in [0.29, 0.717) is 45.2 Å². The fourth-order valence-electron chi connectivity index (χ4n) is 4.48. The smallest absolute Gasteiger partial charge is 0.410 e. The number of fused-ring (bicyclic) bond motifs is 1. The number of rotatable bonds is 3. The Balaban J connectivity index is 1.32. The number of likely N-dealkylation sites (tertiary alicyclic amines) is 1. The van der Waals surface area contributed by atoms with Crippen LogP contribution in [0.3, 0.4) is 0 Å². The zero-order chi connectivity index (χ0) is 19.5. The average molecular weight is 386 g/mol. The number of carbonyl (C=O) groups is 3. The van der Waals surface area contributed by atoms with Crippen LogP contribution >= 0.6 is 0 Å². The standard InChI is InChI=1S/C21H26N2O5/c24-17-6-7-19-18(12-17)23(20(25)14-27-19)16-8-10-22(11-9-16)21(26)28-13-15-4-2-1-3-5-15/h1-5,16,18-19H,6-14H2/t18-,19-/m0/s1. The minimum absolute atomic E-state index is 0.0377. The van der Waals surface area contributed by atoms with Crippen LogP contribution in [0.1, 0.15) is 37.7 Å². The highest BCUT2D eigenvalue weighted by atomic mass is 16.6. The van der Waals surface area contributed by atoms with Gasteiger partial charge in [0.2, 0.25) is 5.91 Å². The van der Waals surface area contributed by atoms with Gasteiger partial charge in [-0.1, -0.05) is 30.3 Å². The molecule has 3 fully saturated rings. The van der Waals surface area contributed by atoms with Crippen molar-refractivity contribution in [3.8, 4) is 0 Å². The molecule has 2 saturated heterocycles. The van der Waals surface area contributed by atoms with Gasteiger partial charge in [0.05, 0.1) is 12.1 Å². The van der Waals surface area contributed by atoms with Gasteiger partial charge in [-0.2, -0.15) is 0 Å². The van der Waals surface area contributed by atoms with Gasteiger partial charge in [-0.25, -0.2) is 4.79 Å². The first-order chi connectivity index (χ1) is 13.6. The second-order valence-corrected chi connectivity index (χ2v) is 7.76. The van der Waals surface area contributed by atoms with Crippen molar-refractivity contribution in [2.24, 2.45) is 0 Å². The normalized spacial score (nSPS) is 26.1. The topological polar surface area (TPSA) is 76.2 Å². The molecule has 0 radical (unpaired) electrons. The Kier molecular flexibility index (Phi) is 5.62. The molecule has 2 aliphatic heterocycles. The van der Waals surface area contributed by atoms with Crippen molar-refractivity contribution in [2.75, 3.05) is 19.7 Å². The predicted molar refractivity (Wildman–Crippen MR) is 100 cm³/mol. The SMILES string of the molecule is O=C1CC[C@@H]2OCC(=O)N(C3CCN(C(=O)OCc4ccccc4)CC3)[C@H]2C1. The number of ether oxygens (including phenoxy) is 2. The molecule has 150 valence electrons. The van der Waals surface area contributed by atoms with Crippen molar-refractivity contribution in [3.05, 3.63) is 35.9 Å². The van der Waals surface area contributed by atoms with Gasteiger partial charge in [0.15, 0.2) is 0 Å². The molecular formula is C21H26N2O5. The molecule has 4 rings (SSSR count). The first-order valence-corrected chi connectivity index (χ1v) is 10.0. The van der Waals surface area contributed by atoms with Crippen molar-refractivity contribution in [3.63, 3.8) is 0 Å². The number of hydrogen-bond acceptors (Lipinski definition) is 5. The molecule has 3 aliphatic rings. The van der Waals surface area contributed by atoms with Gasteiger partial charge in [0.25, 0.3) is 0 Å². The molecule has 28 heavy (non-hydrogen) atoms. The number of nitrogens with zero attached hydrogens (tertiary/aromatic N) is 2. The van der Waals surface area contributed by atoms with Gasteiger partial charge in [-0.3, -0.25) is 9.59 Å². The summed E-state index contributed by atoms with van der Waals surface area (Å²) in [5, 5.41) is 0. The summed E-state index contributed by atoms with van der Waals surface area (Å²) in [5.41, 5.74) is 0.956. The fraction of sp³-hybridized carbons (Fsp3) is 0.571. The minimum atomic E-state index is -0.318. The van der Waals surface area contributed by atoms with Crippen molar-refractivity contribution >= 4 is 17.8 Å². The van der Waals surface area contributed by atoms with Crippen molar-refractivity contribution < 1.29 is 23.9 Å². The molecule has 1 aliphatic carbocycles. The van der Waals surface area contributed by atoms with Crippen molar-refractivity contribution in [1.29, 1.82) is 0 Å². The Morgan fingerprint density at radius 1 is 1.11 bits per heavy atom. The molecule has 0 aromatic heterocycles. The quantitative estimate of drug-likeness (QED) is 0.796. The van der Waals surface area contributed by atoms with E-state index in [1.54, 1.807) is 4.90 Å². The third kappa shape index (κ3) is 4.04. The number of benzene rings is 1. The van der Waals surface area contributed by atoms with Crippen LogP contribution in [0.25, 0.3) is 0 Å². The molecule has 2 amide bonds. The van der Waals surface area contributed by atoms with Crippen LogP contribution in [0.5, 0.6) is 0 Å². The second kappa shape index (κ2) is 8.31. The Morgan fingerprint density at radius 3 is 2.61 bits per heavy atom. The summed E-state index contributed by atoms with van der Waals surface area (Å²) in [6, 6.07) is 9.50. The number of carbonyl (C=O) groups excluding carboxylic acids is 3. The van der Waals surface area contributed by atoms with E-state index in [0.717, 1.165) is 5.56 Å². The molecule has 1 aromatic carbocycles. The summed E-state index contributed by atoms with van der Waals surface area (Å²) in [6.45, 7) is 1.45. The van der Waals surface area contributed by atoms with Crippen LogP contribution in [0.2, 0.25) is 0 Å². The lowest BCUT2D eigenvalue weighted by Crippen LogP contribution is -2.61. The lowest BCUT2D eigenvalue weighted by molar-refractivity contribution is -0.168. The summed E-state index contributed by atoms with van der Waals surface area (Å²) in [6.07, 6.45) is 2.65. The van der Waals surface area contributed by atoms with Gasteiger partial charge >= 0.3 is 6.09 Å². The molecule has 2 atom stereocenters. The van der Waals surface area contributed by atoms with Gasteiger partial charge in [0, 0.05) is 32.0 Å². The number of morpholine rings is 1. The first-order valence-electron chi connectivity index (χ1n) is 10.0. The van der Waals surface area contributed by atoms with Gasteiger partial charge in [0.1, 0.15) is 19.0 Å². The molecular weight excluding hydrogens is 360 g/mol. The van der Waals surface area contributed by atoms with E-state index >= 15 is 0 Å². The maximum atomic E-state index is 12.5. The van der Waals surface area contributed by atoms with E-state index in [2.05, 4.69) is 0 Å². The summed E-state index contributed by atoms with van der Waals surface area (Å²) in [7, 11) is 0. The maximum Gasteiger partial charge on any atom is 0.410 e. The van der Waals surface area contributed by atoms with E-state index in [4.69, 9.17) is 9.47 Å². The fourth-order valence-corrected chi connectivity index (χ4v) is 4.48. The number of ketones is 1. The van der Waals surface area contributed by atoms with E-state index in [9.17, 15) is 14.4 Å². The summed E-state index contributed by atoms with van der Waals surface area (Å²) in [4.78, 5) is 40.4. The molecule has 0 N–H and O–H groups in total. The maximum absolute atomic E-state index is 12.5. The van der Waals surface area contributed by atoms with E-state index in [-0.39, 0.29) is 49.2 Å². The lowest BCUT2D eigenvalue weighted by Gasteiger charge is -2.48. The highest BCUT2D eigenvalue weighted by Gasteiger charge is 2.44. The number of hydrogen-bond donors (Lipinski definition) is 0. The van der Waals surface area contributed by atoms with Crippen molar-refractivity contribution in [1.82, 2.24) is 9.80 Å². The zero-order valence-electron chi connectivity index (χ0n) is 15.9. The molecule has 0 spiro atoms. The Hall–Kier alpha value is -2.41. The molecule has 0 bridgehead atoms. The minimum Gasteiger partial charge on any atom is -0.445 e. The zero-order valence-corrected chi connectivity index (χ0v) is 15.9. The third-order valence-electron chi connectivity index (χ3n) is 5.96. The predicted octanol–water partition coefficient (Wildman–Crippen LogP) is 2.14. The Labute approximate surface area is 164 Å². The van der Waals surface area contributed by atoms with Crippen LogP contribution in [0, 0.1) is 0 Å². The van der Waals surface area contributed by atoms with Crippen LogP contribution in [-0.4, -0.2) is 65.5 Å². The largest absolute Gasteiger partial charge is 0.445 e. The first kappa shape index (κ1) is 18.9. The van der Waals surface area contributed by atoms with Crippen molar-refractivity contribution in [2.45, 2.75) is 56.9 Å². The Morgan fingerprint density at radius 2 is 1.86 bits per heavy atom. The summed E-state index contributed by atoms with van der Waals surface area (Å²) in [5.74, 6) is 0.160. The molecule has 0 unspecified atom stereocenters. The van der Waals surface area contributed by atoms with Crippen LogP contribution in [-0.2, 0) is 25.7 Å². The van der Waals surface area contributed by atoms with Crippen LogP contribution in [0.15, 0.2) is 30.3 Å². The molecule has 7 nitrogen and oxygen atoms in total. The molecule has 1 aromatic rings. The molecule has 2 heterocycles. The molecule has 7 heteroatoms. The highest BCUT2D eigenvalue weighted by molar-refractivity contribution is 5.83. The van der Waals surface area contributed by atoms with E-state index in [1.807, 2.05) is 35.2 Å². The van der Waals surface area contributed by atoms with Gasteiger partial charge in [-0.05, 0) is 24.8 Å².